The van der Waals surface area contributed by atoms with Crippen LogP contribution >= 0.6 is 0 Å². The number of imidazole rings is 1. The lowest BCUT2D eigenvalue weighted by atomic mass is 10.1. The number of hydrogen-bond donors (Lipinski definition) is 1. The third kappa shape index (κ3) is 3.17. The number of H-pyrrole nitrogens is 1. The van der Waals surface area contributed by atoms with Crippen LogP contribution in [0.3, 0.4) is 0 Å². The summed E-state index contributed by atoms with van der Waals surface area (Å²) >= 11 is 0. The van der Waals surface area contributed by atoms with Crippen molar-refractivity contribution in [1.29, 1.82) is 0 Å². The maximum Gasteiger partial charge on any atom is 0.185 e. The molecule has 0 saturated carbocycles. The van der Waals surface area contributed by atoms with E-state index in [0.717, 1.165) is 22.6 Å². The highest BCUT2D eigenvalue weighted by Crippen LogP contribution is 2.21. The van der Waals surface area contributed by atoms with E-state index < -0.39 is 0 Å². The van der Waals surface area contributed by atoms with Crippen molar-refractivity contribution >= 4 is 6.29 Å². The van der Waals surface area contributed by atoms with Crippen molar-refractivity contribution in [1.82, 2.24) is 9.97 Å². The van der Waals surface area contributed by atoms with Crippen LogP contribution in [0.5, 0.6) is 5.75 Å². The molecule has 4 heteroatoms. The Balaban J connectivity index is 1.68. The summed E-state index contributed by atoms with van der Waals surface area (Å²) in [5.41, 5.74) is 2.90. The SMILES string of the molecule is O=Cc1ncc(-c2ccc(OCc3ccccc3)cc2)[nH]1. The van der Waals surface area contributed by atoms with Crippen molar-refractivity contribution in [3.8, 4) is 17.0 Å². The zero-order valence-corrected chi connectivity index (χ0v) is 11.3. The van der Waals surface area contributed by atoms with Crippen LogP contribution in [0.4, 0.5) is 0 Å². The number of carbonyl (C=O) groups is 1. The zero-order chi connectivity index (χ0) is 14.5. The molecule has 1 N–H and O–H groups in total. The Morgan fingerprint density at radius 2 is 1.81 bits per heavy atom. The van der Waals surface area contributed by atoms with Crippen LogP contribution in [-0.2, 0) is 6.61 Å². The molecule has 0 atom stereocenters. The minimum absolute atomic E-state index is 0.328. The maximum atomic E-state index is 10.6. The van der Waals surface area contributed by atoms with Gasteiger partial charge in [-0.15, -0.1) is 0 Å². The summed E-state index contributed by atoms with van der Waals surface area (Å²) in [4.78, 5) is 17.5. The van der Waals surface area contributed by atoms with Gasteiger partial charge in [0.15, 0.2) is 12.1 Å². The predicted octanol–water partition coefficient (Wildman–Crippen LogP) is 3.47. The molecule has 0 unspecified atom stereocenters. The first-order valence-corrected chi connectivity index (χ1v) is 6.62. The van der Waals surface area contributed by atoms with Gasteiger partial charge in [-0.05, 0) is 35.4 Å². The fraction of sp³-hybridized carbons (Fsp3) is 0.0588. The Morgan fingerprint density at radius 3 is 2.48 bits per heavy atom. The monoisotopic (exact) mass is 278 g/mol. The maximum absolute atomic E-state index is 10.6. The lowest BCUT2D eigenvalue weighted by Gasteiger charge is -2.06. The average Bonchev–Trinajstić information content (AvgIpc) is 3.03. The molecule has 1 aromatic heterocycles. The van der Waals surface area contributed by atoms with Crippen LogP contribution in [0, 0.1) is 0 Å². The standard InChI is InChI=1S/C17H14N2O2/c20-11-17-18-10-16(19-17)14-6-8-15(9-7-14)21-12-13-4-2-1-3-5-13/h1-11H,12H2,(H,18,19). The molecular formula is C17H14N2O2. The summed E-state index contributed by atoms with van der Waals surface area (Å²) in [6, 6.07) is 17.7. The second-order valence-corrected chi connectivity index (χ2v) is 4.60. The van der Waals surface area contributed by atoms with E-state index in [0.29, 0.717) is 18.7 Å². The lowest BCUT2D eigenvalue weighted by molar-refractivity contribution is 0.111. The number of aromatic nitrogens is 2. The fourth-order valence-electron chi connectivity index (χ4n) is 2.01. The molecule has 0 fully saturated rings. The Bertz CT molecular complexity index is 718. The van der Waals surface area contributed by atoms with Crippen molar-refractivity contribution in [3.05, 3.63) is 72.2 Å². The molecule has 2 aromatic carbocycles. The molecule has 4 nitrogen and oxygen atoms in total. The lowest BCUT2D eigenvalue weighted by Crippen LogP contribution is -1.94. The molecule has 104 valence electrons. The molecule has 0 bridgehead atoms. The summed E-state index contributed by atoms with van der Waals surface area (Å²) in [6.45, 7) is 0.541. The van der Waals surface area contributed by atoms with Gasteiger partial charge >= 0.3 is 0 Å². The van der Waals surface area contributed by atoms with E-state index in [4.69, 9.17) is 4.74 Å². The third-order valence-corrected chi connectivity index (χ3v) is 3.12. The molecule has 0 aliphatic rings. The van der Waals surface area contributed by atoms with Gasteiger partial charge in [0.25, 0.3) is 0 Å². The van der Waals surface area contributed by atoms with Crippen LogP contribution < -0.4 is 4.74 Å². The second-order valence-electron chi connectivity index (χ2n) is 4.60. The number of rotatable bonds is 5. The number of aromatic amines is 1. The number of nitrogens with zero attached hydrogens (tertiary/aromatic N) is 1. The number of benzene rings is 2. The normalized spacial score (nSPS) is 10.3. The summed E-state index contributed by atoms with van der Waals surface area (Å²) in [7, 11) is 0. The van der Waals surface area contributed by atoms with E-state index in [9.17, 15) is 4.79 Å². The van der Waals surface area contributed by atoms with Crippen LogP contribution in [-0.4, -0.2) is 16.3 Å². The number of carbonyl (C=O) groups excluding carboxylic acids is 1. The molecule has 0 aliphatic heterocycles. The second kappa shape index (κ2) is 6.05. The minimum Gasteiger partial charge on any atom is -0.489 e. The number of hydrogen-bond acceptors (Lipinski definition) is 3. The van der Waals surface area contributed by atoms with Crippen LogP contribution in [0.25, 0.3) is 11.3 Å². The van der Waals surface area contributed by atoms with Crippen LogP contribution in [0.15, 0.2) is 60.8 Å². The van der Waals surface area contributed by atoms with E-state index in [1.165, 1.54) is 0 Å². The molecular weight excluding hydrogens is 264 g/mol. The third-order valence-electron chi connectivity index (χ3n) is 3.12. The predicted molar refractivity (Wildman–Crippen MR) is 80.2 cm³/mol. The number of ether oxygens (including phenoxy) is 1. The van der Waals surface area contributed by atoms with Crippen molar-refractivity contribution in [2.75, 3.05) is 0 Å². The Kier molecular flexibility index (Phi) is 3.78. The van der Waals surface area contributed by atoms with E-state index in [1.807, 2.05) is 54.6 Å². The van der Waals surface area contributed by atoms with Gasteiger partial charge in [0.05, 0.1) is 11.9 Å². The highest BCUT2D eigenvalue weighted by molar-refractivity contribution is 5.71. The van der Waals surface area contributed by atoms with E-state index in [-0.39, 0.29) is 0 Å². The first-order chi connectivity index (χ1) is 10.3. The summed E-state index contributed by atoms with van der Waals surface area (Å²) in [6.07, 6.45) is 2.34. The van der Waals surface area contributed by atoms with Gasteiger partial charge in [-0.1, -0.05) is 30.3 Å². The molecule has 3 aromatic rings. The zero-order valence-electron chi connectivity index (χ0n) is 11.3. The Morgan fingerprint density at radius 1 is 1.05 bits per heavy atom. The van der Waals surface area contributed by atoms with Gasteiger partial charge in [-0.2, -0.15) is 0 Å². The molecule has 0 radical (unpaired) electrons. The van der Waals surface area contributed by atoms with Crippen molar-refractivity contribution in [3.63, 3.8) is 0 Å². The Hall–Kier alpha value is -2.88. The molecule has 0 spiro atoms. The van der Waals surface area contributed by atoms with Crippen LogP contribution in [0.2, 0.25) is 0 Å². The highest BCUT2D eigenvalue weighted by atomic mass is 16.5. The molecule has 1 heterocycles. The van der Waals surface area contributed by atoms with E-state index >= 15 is 0 Å². The van der Waals surface area contributed by atoms with Gasteiger partial charge in [0, 0.05) is 0 Å². The van der Waals surface area contributed by atoms with E-state index in [2.05, 4.69) is 9.97 Å². The van der Waals surface area contributed by atoms with Gasteiger partial charge in [-0.25, -0.2) is 4.98 Å². The number of aldehydes is 1. The van der Waals surface area contributed by atoms with Crippen molar-refractivity contribution < 1.29 is 9.53 Å². The van der Waals surface area contributed by atoms with Gasteiger partial charge < -0.3 is 9.72 Å². The molecule has 0 saturated heterocycles. The van der Waals surface area contributed by atoms with E-state index in [1.54, 1.807) is 6.20 Å². The van der Waals surface area contributed by atoms with Gasteiger partial charge in [-0.3, -0.25) is 4.79 Å². The van der Waals surface area contributed by atoms with Gasteiger partial charge in [0.2, 0.25) is 0 Å². The van der Waals surface area contributed by atoms with Crippen molar-refractivity contribution in [2.45, 2.75) is 6.61 Å². The molecule has 0 amide bonds. The minimum atomic E-state index is 0.328. The largest absolute Gasteiger partial charge is 0.489 e. The molecule has 21 heavy (non-hydrogen) atoms. The average molecular weight is 278 g/mol. The van der Waals surface area contributed by atoms with Gasteiger partial charge in [0.1, 0.15) is 12.4 Å². The summed E-state index contributed by atoms with van der Waals surface area (Å²) < 4.78 is 5.73. The summed E-state index contributed by atoms with van der Waals surface area (Å²) in [5.74, 6) is 1.13. The Labute approximate surface area is 122 Å². The molecule has 0 aliphatic carbocycles. The first kappa shape index (κ1) is 13.1. The topological polar surface area (TPSA) is 55.0 Å². The molecule has 3 rings (SSSR count). The number of nitrogens with one attached hydrogen (secondary N) is 1. The fourth-order valence-corrected chi connectivity index (χ4v) is 2.01. The quantitative estimate of drug-likeness (QED) is 0.727. The highest BCUT2D eigenvalue weighted by Gasteiger charge is 2.03. The van der Waals surface area contributed by atoms with Crippen molar-refractivity contribution in [2.24, 2.45) is 0 Å². The van der Waals surface area contributed by atoms with Crippen LogP contribution in [0.1, 0.15) is 16.2 Å². The smallest absolute Gasteiger partial charge is 0.185 e. The first-order valence-electron chi connectivity index (χ1n) is 6.62. The summed E-state index contributed by atoms with van der Waals surface area (Å²) in [5, 5.41) is 0.